The maximum atomic E-state index is 12.3. The molecule has 4 nitrogen and oxygen atoms in total. The van der Waals surface area contributed by atoms with Crippen LogP contribution in [0, 0.1) is 0 Å². The van der Waals surface area contributed by atoms with E-state index in [0.717, 1.165) is 12.8 Å². The van der Waals surface area contributed by atoms with Crippen LogP contribution >= 0.6 is 0 Å². The van der Waals surface area contributed by atoms with Gasteiger partial charge in [0.25, 0.3) is 0 Å². The molecule has 0 fully saturated rings. The van der Waals surface area contributed by atoms with Crippen molar-refractivity contribution in [2.45, 2.75) is 78.7 Å². The second-order valence-electron chi connectivity index (χ2n) is 6.22. The molecular formula is C16H31NO3. The molecule has 0 aliphatic heterocycles. The van der Waals surface area contributed by atoms with E-state index < -0.39 is 0 Å². The minimum Gasteiger partial charge on any atom is -0.464 e. The average Bonchev–Trinajstić information content (AvgIpc) is 2.32. The average molecular weight is 285 g/mol. The van der Waals surface area contributed by atoms with Crippen LogP contribution in [-0.2, 0) is 14.3 Å². The summed E-state index contributed by atoms with van der Waals surface area (Å²) in [5.74, 6) is -0.146. The van der Waals surface area contributed by atoms with Gasteiger partial charge in [-0.05, 0) is 27.2 Å². The Hall–Kier alpha value is -1.06. The number of ether oxygens (including phenoxy) is 1. The molecule has 0 heterocycles. The monoisotopic (exact) mass is 285 g/mol. The summed E-state index contributed by atoms with van der Waals surface area (Å²) >= 11 is 0. The summed E-state index contributed by atoms with van der Waals surface area (Å²) in [6.07, 6.45) is 6.29. The van der Waals surface area contributed by atoms with Crippen LogP contribution in [0.15, 0.2) is 0 Å². The maximum absolute atomic E-state index is 12.3. The molecule has 0 aliphatic rings. The summed E-state index contributed by atoms with van der Waals surface area (Å²) in [7, 11) is 0. The molecular weight excluding hydrogens is 254 g/mol. The van der Waals surface area contributed by atoms with Gasteiger partial charge in [0, 0.05) is 18.9 Å². The van der Waals surface area contributed by atoms with Crippen molar-refractivity contribution in [3.8, 4) is 0 Å². The van der Waals surface area contributed by atoms with Crippen LogP contribution in [0.2, 0.25) is 0 Å². The molecule has 0 radical (unpaired) electrons. The van der Waals surface area contributed by atoms with E-state index in [2.05, 4.69) is 6.92 Å². The molecule has 0 unspecified atom stereocenters. The van der Waals surface area contributed by atoms with E-state index in [1.807, 2.05) is 25.7 Å². The van der Waals surface area contributed by atoms with Crippen LogP contribution in [0.5, 0.6) is 0 Å². The van der Waals surface area contributed by atoms with Crippen molar-refractivity contribution in [2.24, 2.45) is 0 Å². The van der Waals surface area contributed by atoms with Gasteiger partial charge in [-0.1, -0.05) is 32.6 Å². The SMILES string of the molecule is CCCCCCCC(=O)N(CCOC(C)=O)C(C)(C)C. The van der Waals surface area contributed by atoms with Gasteiger partial charge >= 0.3 is 5.97 Å². The van der Waals surface area contributed by atoms with Crippen molar-refractivity contribution < 1.29 is 14.3 Å². The van der Waals surface area contributed by atoms with Crippen LogP contribution in [0.4, 0.5) is 0 Å². The molecule has 118 valence electrons. The number of hydrogen-bond acceptors (Lipinski definition) is 3. The van der Waals surface area contributed by atoms with Crippen LogP contribution in [0.1, 0.15) is 73.1 Å². The van der Waals surface area contributed by atoms with Gasteiger partial charge < -0.3 is 9.64 Å². The second kappa shape index (κ2) is 9.78. The van der Waals surface area contributed by atoms with Crippen molar-refractivity contribution in [3.05, 3.63) is 0 Å². The highest BCUT2D eigenvalue weighted by molar-refractivity contribution is 5.77. The zero-order valence-corrected chi connectivity index (χ0v) is 13.8. The first kappa shape index (κ1) is 18.9. The van der Waals surface area contributed by atoms with E-state index in [-0.39, 0.29) is 24.0 Å². The van der Waals surface area contributed by atoms with Crippen LogP contribution in [-0.4, -0.2) is 35.5 Å². The standard InChI is InChI=1S/C16H31NO3/c1-6-7-8-9-10-11-15(19)17(16(3,4)5)12-13-20-14(2)18/h6-13H2,1-5H3. The largest absolute Gasteiger partial charge is 0.464 e. The van der Waals surface area contributed by atoms with Crippen molar-refractivity contribution >= 4 is 11.9 Å². The fraction of sp³-hybridized carbons (Fsp3) is 0.875. The molecule has 0 aliphatic carbocycles. The topological polar surface area (TPSA) is 46.6 Å². The van der Waals surface area contributed by atoms with E-state index in [1.165, 1.54) is 26.2 Å². The lowest BCUT2D eigenvalue weighted by atomic mass is 10.0. The Morgan fingerprint density at radius 1 is 1.05 bits per heavy atom. The van der Waals surface area contributed by atoms with Crippen molar-refractivity contribution in [1.29, 1.82) is 0 Å². The fourth-order valence-corrected chi connectivity index (χ4v) is 2.13. The minimum atomic E-state index is -0.300. The number of rotatable bonds is 9. The Bertz CT molecular complexity index is 295. The summed E-state index contributed by atoms with van der Waals surface area (Å²) in [5.41, 5.74) is -0.235. The van der Waals surface area contributed by atoms with Gasteiger partial charge in [0.1, 0.15) is 6.61 Å². The van der Waals surface area contributed by atoms with E-state index >= 15 is 0 Å². The summed E-state index contributed by atoms with van der Waals surface area (Å²) in [5, 5.41) is 0. The van der Waals surface area contributed by atoms with Gasteiger partial charge in [-0.25, -0.2) is 0 Å². The fourth-order valence-electron chi connectivity index (χ4n) is 2.13. The highest BCUT2D eigenvalue weighted by Crippen LogP contribution is 2.16. The molecule has 0 bridgehead atoms. The predicted molar refractivity (Wildman–Crippen MR) is 81.5 cm³/mol. The number of hydrogen-bond donors (Lipinski definition) is 0. The zero-order valence-electron chi connectivity index (χ0n) is 13.8. The summed E-state index contributed by atoms with van der Waals surface area (Å²) in [4.78, 5) is 24.9. The third-order valence-electron chi connectivity index (χ3n) is 3.23. The molecule has 0 saturated heterocycles. The van der Waals surface area contributed by atoms with E-state index in [1.54, 1.807) is 0 Å². The van der Waals surface area contributed by atoms with Crippen molar-refractivity contribution in [1.82, 2.24) is 4.90 Å². The minimum absolute atomic E-state index is 0.154. The Morgan fingerprint density at radius 3 is 2.15 bits per heavy atom. The van der Waals surface area contributed by atoms with E-state index in [0.29, 0.717) is 13.0 Å². The molecule has 0 aromatic heterocycles. The predicted octanol–water partition coefficient (Wildman–Crippen LogP) is 3.54. The van der Waals surface area contributed by atoms with E-state index in [4.69, 9.17) is 4.74 Å². The lowest BCUT2D eigenvalue weighted by Gasteiger charge is -2.35. The Labute approximate surface area is 123 Å². The van der Waals surface area contributed by atoms with Crippen molar-refractivity contribution in [2.75, 3.05) is 13.2 Å². The Kier molecular flexibility index (Phi) is 9.26. The Balaban J connectivity index is 4.18. The summed E-state index contributed by atoms with van der Waals surface area (Å²) in [6, 6.07) is 0. The first-order valence-electron chi connectivity index (χ1n) is 7.73. The van der Waals surface area contributed by atoms with Crippen molar-refractivity contribution in [3.63, 3.8) is 0 Å². The molecule has 0 aromatic rings. The highest BCUT2D eigenvalue weighted by Gasteiger charge is 2.25. The molecule has 0 spiro atoms. The molecule has 1 amide bonds. The number of esters is 1. The lowest BCUT2D eigenvalue weighted by Crippen LogP contribution is -2.47. The van der Waals surface area contributed by atoms with Gasteiger partial charge in [0.15, 0.2) is 0 Å². The van der Waals surface area contributed by atoms with Crippen LogP contribution in [0.3, 0.4) is 0 Å². The second-order valence-corrected chi connectivity index (χ2v) is 6.22. The highest BCUT2D eigenvalue weighted by atomic mass is 16.5. The Morgan fingerprint density at radius 2 is 1.65 bits per heavy atom. The molecule has 4 heteroatoms. The summed E-state index contributed by atoms with van der Waals surface area (Å²) in [6.45, 7) is 10.3. The van der Waals surface area contributed by atoms with Gasteiger partial charge in [-0.3, -0.25) is 9.59 Å². The van der Waals surface area contributed by atoms with Crippen LogP contribution in [0.25, 0.3) is 0 Å². The smallest absolute Gasteiger partial charge is 0.302 e. The number of carbonyl (C=O) groups excluding carboxylic acids is 2. The van der Waals surface area contributed by atoms with Gasteiger partial charge in [0.2, 0.25) is 5.91 Å². The van der Waals surface area contributed by atoms with Crippen LogP contribution < -0.4 is 0 Å². The maximum Gasteiger partial charge on any atom is 0.302 e. The number of amides is 1. The van der Waals surface area contributed by atoms with Gasteiger partial charge in [0.05, 0.1) is 6.54 Å². The first-order valence-corrected chi connectivity index (χ1v) is 7.73. The van der Waals surface area contributed by atoms with Gasteiger partial charge in [-0.2, -0.15) is 0 Å². The third-order valence-corrected chi connectivity index (χ3v) is 3.23. The number of carbonyl (C=O) groups is 2. The molecule has 0 N–H and O–H groups in total. The molecule has 0 rings (SSSR count). The van der Waals surface area contributed by atoms with E-state index in [9.17, 15) is 9.59 Å². The molecule has 0 saturated carbocycles. The normalized spacial score (nSPS) is 11.2. The lowest BCUT2D eigenvalue weighted by molar-refractivity contribution is -0.145. The quantitative estimate of drug-likeness (QED) is 0.481. The summed E-state index contributed by atoms with van der Waals surface area (Å²) < 4.78 is 4.94. The van der Waals surface area contributed by atoms with Gasteiger partial charge in [-0.15, -0.1) is 0 Å². The number of nitrogens with zero attached hydrogens (tertiary/aromatic N) is 1. The third kappa shape index (κ3) is 8.94. The zero-order chi connectivity index (χ0) is 15.6. The number of unbranched alkanes of at least 4 members (excludes halogenated alkanes) is 4. The molecule has 0 aromatic carbocycles. The molecule has 20 heavy (non-hydrogen) atoms. The first-order chi connectivity index (χ1) is 9.29. The molecule has 0 atom stereocenters.